The Morgan fingerprint density at radius 3 is 2.42 bits per heavy atom. The Labute approximate surface area is 126 Å². The molecule has 0 aromatic heterocycles. The molecule has 4 nitrogen and oxygen atoms in total. The normalized spacial score (nSPS) is 20.1. The first-order valence-electron chi connectivity index (χ1n) is 7.02. The highest BCUT2D eigenvalue weighted by atomic mass is 35.5. The minimum atomic E-state index is -0.0265. The third-order valence-electron chi connectivity index (χ3n) is 3.02. The second-order valence-corrected chi connectivity index (χ2v) is 5.25. The highest BCUT2D eigenvalue weighted by Crippen LogP contribution is 2.13. The molecule has 0 radical (unpaired) electrons. The van der Waals surface area contributed by atoms with E-state index in [1.54, 1.807) is 0 Å². The minimum Gasteiger partial charge on any atom is -0.378 e. The molecule has 0 saturated carbocycles. The van der Waals surface area contributed by atoms with Gasteiger partial charge in [0.05, 0.1) is 19.8 Å². The van der Waals surface area contributed by atoms with Crippen LogP contribution in [0.3, 0.4) is 0 Å². The van der Waals surface area contributed by atoms with Gasteiger partial charge in [-0.25, -0.2) is 0 Å². The molecular formula is C13H25Cl2NO3. The predicted octanol–water partition coefficient (Wildman–Crippen LogP) is 2.33. The van der Waals surface area contributed by atoms with Gasteiger partial charge in [0.15, 0.2) is 6.29 Å². The van der Waals surface area contributed by atoms with Gasteiger partial charge in [0.1, 0.15) is 0 Å². The molecule has 0 spiro atoms. The molecule has 1 unspecified atom stereocenters. The van der Waals surface area contributed by atoms with E-state index in [-0.39, 0.29) is 6.29 Å². The lowest BCUT2D eigenvalue weighted by Gasteiger charge is -2.23. The molecule has 0 aromatic rings. The number of nitrogens with zero attached hydrogens (tertiary/aromatic N) is 1. The van der Waals surface area contributed by atoms with Gasteiger partial charge in [-0.05, 0) is 19.3 Å². The van der Waals surface area contributed by atoms with Gasteiger partial charge < -0.3 is 14.2 Å². The molecule has 0 aromatic carbocycles. The van der Waals surface area contributed by atoms with Crippen molar-refractivity contribution in [2.24, 2.45) is 0 Å². The molecule has 114 valence electrons. The van der Waals surface area contributed by atoms with E-state index >= 15 is 0 Å². The zero-order valence-electron chi connectivity index (χ0n) is 11.5. The van der Waals surface area contributed by atoms with Crippen LogP contribution in [-0.4, -0.2) is 69.0 Å². The van der Waals surface area contributed by atoms with Crippen molar-refractivity contribution in [3.05, 3.63) is 0 Å². The topological polar surface area (TPSA) is 30.9 Å². The maximum atomic E-state index is 5.72. The monoisotopic (exact) mass is 313 g/mol. The third-order valence-corrected chi connectivity index (χ3v) is 3.36. The van der Waals surface area contributed by atoms with Gasteiger partial charge in [0.2, 0.25) is 0 Å². The van der Waals surface area contributed by atoms with Gasteiger partial charge in [-0.2, -0.15) is 0 Å². The van der Waals surface area contributed by atoms with E-state index in [2.05, 4.69) is 4.90 Å². The maximum Gasteiger partial charge on any atom is 0.157 e. The van der Waals surface area contributed by atoms with Crippen molar-refractivity contribution in [3.8, 4) is 0 Å². The van der Waals surface area contributed by atoms with Crippen LogP contribution >= 0.6 is 23.2 Å². The van der Waals surface area contributed by atoms with Gasteiger partial charge in [0, 0.05) is 38.0 Å². The van der Waals surface area contributed by atoms with Crippen LogP contribution in [0.25, 0.3) is 0 Å². The van der Waals surface area contributed by atoms with Crippen LogP contribution in [0, 0.1) is 0 Å². The average molecular weight is 314 g/mol. The Kier molecular flexibility index (Phi) is 11.2. The second kappa shape index (κ2) is 12.2. The highest BCUT2D eigenvalue weighted by molar-refractivity contribution is 6.18. The third kappa shape index (κ3) is 9.05. The molecule has 0 amide bonds. The lowest BCUT2D eigenvalue weighted by Crippen LogP contribution is -2.31. The van der Waals surface area contributed by atoms with Crippen molar-refractivity contribution < 1.29 is 14.2 Å². The Morgan fingerprint density at radius 2 is 1.79 bits per heavy atom. The van der Waals surface area contributed by atoms with E-state index in [1.165, 1.54) is 6.42 Å². The molecule has 1 aliphatic heterocycles. The van der Waals surface area contributed by atoms with Gasteiger partial charge >= 0.3 is 0 Å². The Morgan fingerprint density at radius 1 is 1.00 bits per heavy atom. The fraction of sp³-hybridized carbons (Fsp3) is 1.00. The zero-order chi connectivity index (χ0) is 13.8. The van der Waals surface area contributed by atoms with Crippen LogP contribution in [-0.2, 0) is 14.2 Å². The van der Waals surface area contributed by atoms with E-state index in [0.29, 0.717) is 31.6 Å². The Bertz CT molecular complexity index is 198. The highest BCUT2D eigenvalue weighted by Gasteiger charge is 2.13. The van der Waals surface area contributed by atoms with E-state index in [4.69, 9.17) is 37.4 Å². The van der Waals surface area contributed by atoms with Crippen molar-refractivity contribution in [2.45, 2.75) is 25.6 Å². The molecule has 1 atom stereocenters. The van der Waals surface area contributed by atoms with E-state index < -0.39 is 0 Å². The molecule has 0 N–H and O–H groups in total. The number of ether oxygens (including phenoxy) is 3. The average Bonchev–Trinajstić information content (AvgIpc) is 2.44. The van der Waals surface area contributed by atoms with Gasteiger partial charge in [-0.15, -0.1) is 23.2 Å². The fourth-order valence-electron chi connectivity index (χ4n) is 1.95. The van der Waals surface area contributed by atoms with Crippen molar-refractivity contribution in [2.75, 3.05) is 57.8 Å². The van der Waals surface area contributed by atoms with Crippen LogP contribution in [0.5, 0.6) is 0 Å². The first-order valence-corrected chi connectivity index (χ1v) is 8.09. The molecule has 1 saturated heterocycles. The van der Waals surface area contributed by atoms with E-state index in [1.807, 2.05) is 0 Å². The summed E-state index contributed by atoms with van der Waals surface area (Å²) in [5.74, 6) is 1.25. The Balaban J connectivity index is 1.91. The number of hydrogen-bond donors (Lipinski definition) is 0. The van der Waals surface area contributed by atoms with Crippen LogP contribution in [0.2, 0.25) is 0 Å². The van der Waals surface area contributed by atoms with E-state index in [0.717, 1.165) is 39.1 Å². The van der Waals surface area contributed by atoms with Gasteiger partial charge in [-0.1, -0.05) is 0 Å². The quantitative estimate of drug-likeness (QED) is 0.433. The molecule has 0 aliphatic carbocycles. The summed E-state index contributed by atoms with van der Waals surface area (Å²) in [4.78, 5) is 2.20. The molecule has 6 heteroatoms. The SMILES string of the molecule is ClCCN(CCCl)CCOCCOC1CCCCO1. The van der Waals surface area contributed by atoms with Crippen molar-refractivity contribution in [1.82, 2.24) is 4.90 Å². The zero-order valence-corrected chi connectivity index (χ0v) is 13.0. The van der Waals surface area contributed by atoms with Crippen LogP contribution in [0.4, 0.5) is 0 Å². The van der Waals surface area contributed by atoms with Crippen LogP contribution in [0.15, 0.2) is 0 Å². The molecule has 0 bridgehead atoms. The van der Waals surface area contributed by atoms with Crippen LogP contribution in [0.1, 0.15) is 19.3 Å². The number of alkyl halides is 2. The number of rotatable bonds is 11. The molecule has 1 heterocycles. The van der Waals surface area contributed by atoms with Gasteiger partial charge in [0.25, 0.3) is 0 Å². The summed E-state index contributed by atoms with van der Waals surface area (Å²) in [5, 5.41) is 0. The summed E-state index contributed by atoms with van der Waals surface area (Å²) >= 11 is 11.4. The first-order chi connectivity index (χ1) is 9.36. The molecule has 1 rings (SSSR count). The van der Waals surface area contributed by atoms with Gasteiger partial charge in [-0.3, -0.25) is 4.90 Å². The lowest BCUT2D eigenvalue weighted by molar-refractivity contribution is -0.169. The standard InChI is InChI=1S/C13H25Cl2NO3/c14-4-6-16(7-5-15)8-10-17-11-12-19-13-3-1-2-9-18-13/h13H,1-12H2. The largest absolute Gasteiger partial charge is 0.378 e. The second-order valence-electron chi connectivity index (χ2n) is 4.50. The Hall–Kier alpha value is 0.420. The first kappa shape index (κ1) is 17.5. The van der Waals surface area contributed by atoms with Crippen molar-refractivity contribution in [3.63, 3.8) is 0 Å². The molecular weight excluding hydrogens is 289 g/mol. The summed E-state index contributed by atoms with van der Waals surface area (Å²) in [5.41, 5.74) is 0. The fourth-order valence-corrected chi connectivity index (χ4v) is 2.43. The predicted molar refractivity (Wildman–Crippen MR) is 78.2 cm³/mol. The summed E-state index contributed by atoms with van der Waals surface area (Å²) < 4.78 is 16.6. The van der Waals surface area contributed by atoms with Crippen molar-refractivity contribution in [1.29, 1.82) is 0 Å². The summed E-state index contributed by atoms with van der Waals surface area (Å²) in [6.45, 7) is 5.26. The summed E-state index contributed by atoms with van der Waals surface area (Å²) in [6.07, 6.45) is 3.31. The van der Waals surface area contributed by atoms with Crippen LogP contribution < -0.4 is 0 Å². The number of hydrogen-bond acceptors (Lipinski definition) is 4. The molecule has 19 heavy (non-hydrogen) atoms. The smallest absolute Gasteiger partial charge is 0.157 e. The number of halogens is 2. The van der Waals surface area contributed by atoms with E-state index in [9.17, 15) is 0 Å². The minimum absolute atomic E-state index is 0.0265. The molecule has 1 fully saturated rings. The van der Waals surface area contributed by atoms with Crippen molar-refractivity contribution >= 4 is 23.2 Å². The summed E-state index contributed by atoms with van der Waals surface area (Å²) in [6, 6.07) is 0. The molecule has 1 aliphatic rings. The lowest BCUT2D eigenvalue weighted by atomic mass is 10.2. The summed E-state index contributed by atoms with van der Waals surface area (Å²) in [7, 11) is 0. The maximum absolute atomic E-state index is 5.72.